The van der Waals surface area contributed by atoms with Crippen molar-refractivity contribution in [3.8, 4) is 11.1 Å². The minimum atomic E-state index is -0.0843. The van der Waals surface area contributed by atoms with Crippen molar-refractivity contribution in [2.75, 3.05) is 0 Å². The lowest BCUT2D eigenvalue weighted by Gasteiger charge is -2.14. The lowest BCUT2D eigenvalue weighted by atomic mass is 10.00. The van der Waals surface area contributed by atoms with Gasteiger partial charge in [-0.15, -0.1) is 5.10 Å². The van der Waals surface area contributed by atoms with Crippen molar-refractivity contribution in [3.63, 3.8) is 0 Å². The van der Waals surface area contributed by atoms with Crippen LogP contribution in [0.4, 0.5) is 0 Å². The molecule has 2 aromatic carbocycles. The van der Waals surface area contributed by atoms with E-state index in [0.29, 0.717) is 0 Å². The largest absolute Gasteiger partial charge is 0.214 e. The summed E-state index contributed by atoms with van der Waals surface area (Å²) in [7, 11) is 0. The maximum Gasteiger partial charge on any atom is 0.139 e. The molecule has 3 rings (SSSR count). The van der Waals surface area contributed by atoms with E-state index in [-0.39, 0.29) is 4.95 Å². The molecule has 0 amide bonds. The Hall–Kier alpha value is -2.01. The predicted molar refractivity (Wildman–Crippen MR) is 76.8 cm³/mol. The standard InChI is InChI=1S/C14H11BrN4/c15-14(19-10-16-17-18-19)13-9-5-4-8-12(13)11-6-2-1-3-7-11/h1-10,14H. The summed E-state index contributed by atoms with van der Waals surface area (Å²) in [5.41, 5.74) is 3.47. The Morgan fingerprint density at radius 3 is 2.42 bits per heavy atom. The predicted octanol–water partition coefficient (Wildman–Crippen LogP) is 3.28. The fraction of sp³-hybridized carbons (Fsp3) is 0.0714. The maximum atomic E-state index is 3.94. The normalized spacial score (nSPS) is 12.3. The van der Waals surface area contributed by atoms with Crippen LogP contribution in [0.2, 0.25) is 0 Å². The van der Waals surface area contributed by atoms with Gasteiger partial charge in [0.2, 0.25) is 0 Å². The molecule has 5 heteroatoms. The van der Waals surface area contributed by atoms with Crippen LogP contribution in [0.5, 0.6) is 0 Å². The van der Waals surface area contributed by atoms with Gasteiger partial charge in [-0.05, 0) is 27.1 Å². The number of benzene rings is 2. The second kappa shape index (κ2) is 5.32. The van der Waals surface area contributed by atoms with E-state index in [1.165, 1.54) is 11.1 Å². The Kier molecular flexibility index (Phi) is 3.37. The number of rotatable bonds is 3. The van der Waals surface area contributed by atoms with E-state index < -0.39 is 0 Å². The van der Waals surface area contributed by atoms with Crippen molar-refractivity contribution in [1.29, 1.82) is 0 Å². The van der Waals surface area contributed by atoms with E-state index in [2.05, 4.69) is 55.7 Å². The van der Waals surface area contributed by atoms with Gasteiger partial charge in [0.1, 0.15) is 11.3 Å². The SMILES string of the molecule is BrC(c1ccccc1-c1ccccc1)n1cnnn1. The summed E-state index contributed by atoms with van der Waals surface area (Å²) in [5.74, 6) is 0. The monoisotopic (exact) mass is 314 g/mol. The molecule has 0 radical (unpaired) electrons. The van der Waals surface area contributed by atoms with Gasteiger partial charge < -0.3 is 0 Å². The Morgan fingerprint density at radius 1 is 0.947 bits per heavy atom. The first-order chi connectivity index (χ1) is 9.36. The number of aromatic nitrogens is 4. The minimum Gasteiger partial charge on any atom is -0.214 e. The molecule has 1 atom stereocenters. The van der Waals surface area contributed by atoms with Gasteiger partial charge in [0.25, 0.3) is 0 Å². The zero-order valence-electron chi connectivity index (χ0n) is 10.0. The van der Waals surface area contributed by atoms with Crippen LogP contribution in [0.1, 0.15) is 10.5 Å². The zero-order chi connectivity index (χ0) is 13.1. The average molecular weight is 315 g/mol. The van der Waals surface area contributed by atoms with E-state index in [1.807, 2.05) is 30.3 Å². The Morgan fingerprint density at radius 2 is 1.68 bits per heavy atom. The molecule has 0 saturated heterocycles. The van der Waals surface area contributed by atoms with Gasteiger partial charge in [0, 0.05) is 0 Å². The number of alkyl halides is 1. The average Bonchev–Trinajstić information content (AvgIpc) is 3.02. The fourth-order valence-electron chi connectivity index (χ4n) is 2.00. The molecule has 1 aromatic heterocycles. The summed E-state index contributed by atoms with van der Waals surface area (Å²) < 4.78 is 1.68. The molecule has 0 aliphatic heterocycles. The van der Waals surface area contributed by atoms with E-state index in [1.54, 1.807) is 11.0 Å². The summed E-state index contributed by atoms with van der Waals surface area (Å²) in [4.78, 5) is -0.0843. The van der Waals surface area contributed by atoms with Crippen molar-refractivity contribution in [2.24, 2.45) is 0 Å². The van der Waals surface area contributed by atoms with Gasteiger partial charge in [-0.3, -0.25) is 0 Å². The molecule has 1 heterocycles. The minimum absolute atomic E-state index is 0.0843. The summed E-state index contributed by atoms with van der Waals surface area (Å²) in [6, 6.07) is 18.5. The lowest BCUT2D eigenvalue weighted by molar-refractivity contribution is 0.643. The quantitative estimate of drug-likeness (QED) is 0.697. The molecular formula is C14H11BrN4. The van der Waals surface area contributed by atoms with Crippen LogP contribution in [-0.2, 0) is 0 Å². The van der Waals surface area contributed by atoms with Crippen LogP contribution in [0.25, 0.3) is 11.1 Å². The van der Waals surface area contributed by atoms with Gasteiger partial charge in [0.05, 0.1) is 0 Å². The highest BCUT2D eigenvalue weighted by atomic mass is 79.9. The van der Waals surface area contributed by atoms with Crippen LogP contribution in [-0.4, -0.2) is 20.2 Å². The molecule has 0 bridgehead atoms. The number of hydrogen-bond donors (Lipinski definition) is 0. The molecule has 1 unspecified atom stereocenters. The number of nitrogens with zero attached hydrogens (tertiary/aromatic N) is 4. The van der Waals surface area contributed by atoms with Crippen molar-refractivity contribution < 1.29 is 0 Å². The summed E-state index contributed by atoms with van der Waals surface area (Å²) >= 11 is 3.64. The van der Waals surface area contributed by atoms with Crippen LogP contribution < -0.4 is 0 Å². The van der Waals surface area contributed by atoms with Crippen LogP contribution in [0.3, 0.4) is 0 Å². The molecule has 0 saturated carbocycles. The third-order valence-electron chi connectivity index (χ3n) is 2.90. The molecule has 0 spiro atoms. The van der Waals surface area contributed by atoms with Crippen molar-refractivity contribution in [1.82, 2.24) is 20.2 Å². The summed E-state index contributed by atoms with van der Waals surface area (Å²) in [5, 5.41) is 11.3. The van der Waals surface area contributed by atoms with E-state index in [0.717, 1.165) is 5.56 Å². The number of tetrazole rings is 1. The zero-order valence-corrected chi connectivity index (χ0v) is 11.6. The van der Waals surface area contributed by atoms with Gasteiger partial charge in [-0.25, -0.2) is 4.68 Å². The van der Waals surface area contributed by atoms with Gasteiger partial charge in [-0.2, -0.15) is 0 Å². The Labute approximate surface area is 119 Å². The molecule has 4 nitrogen and oxygen atoms in total. The first-order valence-corrected chi connectivity index (χ1v) is 6.79. The molecule has 0 aliphatic carbocycles. The third-order valence-corrected chi connectivity index (χ3v) is 3.81. The van der Waals surface area contributed by atoms with Crippen LogP contribution in [0, 0.1) is 0 Å². The van der Waals surface area contributed by atoms with E-state index >= 15 is 0 Å². The highest BCUT2D eigenvalue weighted by Crippen LogP contribution is 2.32. The van der Waals surface area contributed by atoms with Crippen LogP contribution >= 0.6 is 15.9 Å². The van der Waals surface area contributed by atoms with Crippen molar-refractivity contribution >= 4 is 15.9 Å². The maximum absolute atomic E-state index is 3.94. The highest BCUT2D eigenvalue weighted by molar-refractivity contribution is 9.09. The van der Waals surface area contributed by atoms with E-state index in [9.17, 15) is 0 Å². The van der Waals surface area contributed by atoms with Gasteiger partial charge in [0.15, 0.2) is 0 Å². The smallest absolute Gasteiger partial charge is 0.139 e. The number of halogens is 1. The molecule has 0 N–H and O–H groups in total. The molecular weight excluding hydrogens is 304 g/mol. The van der Waals surface area contributed by atoms with Crippen molar-refractivity contribution in [2.45, 2.75) is 4.95 Å². The summed E-state index contributed by atoms with van der Waals surface area (Å²) in [6.07, 6.45) is 1.60. The summed E-state index contributed by atoms with van der Waals surface area (Å²) in [6.45, 7) is 0. The first kappa shape index (κ1) is 12.0. The Balaban J connectivity index is 2.08. The Bertz CT molecular complexity index is 652. The second-order valence-corrected chi connectivity index (χ2v) is 4.95. The lowest BCUT2D eigenvalue weighted by Crippen LogP contribution is -2.06. The third kappa shape index (κ3) is 2.42. The molecule has 0 fully saturated rings. The molecule has 3 aromatic rings. The molecule has 94 valence electrons. The van der Waals surface area contributed by atoms with Gasteiger partial charge in [-0.1, -0.05) is 70.5 Å². The second-order valence-electron chi connectivity index (χ2n) is 4.08. The first-order valence-electron chi connectivity index (χ1n) is 5.87. The molecule has 0 aliphatic rings. The topological polar surface area (TPSA) is 43.6 Å². The fourth-order valence-corrected chi connectivity index (χ4v) is 2.59. The number of hydrogen-bond acceptors (Lipinski definition) is 3. The van der Waals surface area contributed by atoms with Crippen molar-refractivity contribution in [3.05, 3.63) is 66.5 Å². The van der Waals surface area contributed by atoms with Gasteiger partial charge >= 0.3 is 0 Å². The highest BCUT2D eigenvalue weighted by Gasteiger charge is 2.15. The van der Waals surface area contributed by atoms with Crippen LogP contribution in [0.15, 0.2) is 60.9 Å². The van der Waals surface area contributed by atoms with E-state index in [4.69, 9.17) is 0 Å². The molecule has 19 heavy (non-hydrogen) atoms.